The molecule has 0 aliphatic rings. The summed E-state index contributed by atoms with van der Waals surface area (Å²) >= 11 is 1.49. The standard InChI is InChI=1S/C15H16O2S/c16-11-14(18-13-9-5-2-6-10-13)15(17)12-7-3-1-4-8-12/h1-10,14-17H,11H2/t14-,15+/m0/s1. The molecule has 2 aromatic rings. The molecule has 94 valence electrons. The number of aliphatic hydroxyl groups excluding tert-OH is 2. The topological polar surface area (TPSA) is 40.5 Å². The Balaban J connectivity index is 2.09. The third kappa shape index (κ3) is 3.35. The van der Waals surface area contributed by atoms with Crippen molar-refractivity contribution in [3.8, 4) is 0 Å². The first kappa shape index (κ1) is 13.1. The Hall–Kier alpha value is -1.29. The molecule has 0 bridgehead atoms. The summed E-state index contributed by atoms with van der Waals surface area (Å²) in [4.78, 5) is 1.05. The molecule has 0 spiro atoms. The van der Waals surface area contributed by atoms with Gasteiger partial charge in [0.05, 0.1) is 18.0 Å². The zero-order valence-corrected chi connectivity index (χ0v) is 10.8. The molecule has 18 heavy (non-hydrogen) atoms. The van der Waals surface area contributed by atoms with E-state index in [4.69, 9.17) is 0 Å². The Morgan fingerprint density at radius 1 is 0.889 bits per heavy atom. The molecular weight excluding hydrogens is 244 g/mol. The molecule has 0 radical (unpaired) electrons. The highest BCUT2D eigenvalue weighted by Crippen LogP contribution is 2.31. The van der Waals surface area contributed by atoms with Crippen LogP contribution in [-0.2, 0) is 0 Å². The highest BCUT2D eigenvalue weighted by atomic mass is 32.2. The Bertz CT molecular complexity index is 458. The summed E-state index contributed by atoms with van der Waals surface area (Å²) in [6.07, 6.45) is -0.665. The summed E-state index contributed by atoms with van der Waals surface area (Å²) in [6.45, 7) is -0.0599. The van der Waals surface area contributed by atoms with Gasteiger partial charge >= 0.3 is 0 Å². The molecule has 2 nitrogen and oxygen atoms in total. The van der Waals surface area contributed by atoms with Crippen LogP contribution in [0.4, 0.5) is 0 Å². The molecule has 2 atom stereocenters. The van der Waals surface area contributed by atoms with Gasteiger partial charge in [-0.2, -0.15) is 0 Å². The summed E-state index contributed by atoms with van der Waals surface area (Å²) in [5, 5.41) is 19.4. The molecule has 2 rings (SSSR count). The summed E-state index contributed by atoms with van der Waals surface area (Å²) in [5.41, 5.74) is 0.833. The van der Waals surface area contributed by atoms with Crippen LogP contribution in [0.15, 0.2) is 65.6 Å². The van der Waals surface area contributed by atoms with Crippen molar-refractivity contribution in [1.82, 2.24) is 0 Å². The van der Waals surface area contributed by atoms with Crippen molar-refractivity contribution in [2.24, 2.45) is 0 Å². The van der Waals surface area contributed by atoms with Gasteiger partial charge < -0.3 is 10.2 Å². The lowest BCUT2D eigenvalue weighted by atomic mass is 10.1. The number of hydrogen-bond donors (Lipinski definition) is 2. The summed E-state index contributed by atoms with van der Waals surface area (Å²) in [6, 6.07) is 19.2. The van der Waals surface area contributed by atoms with Gasteiger partial charge in [-0.05, 0) is 17.7 Å². The maximum Gasteiger partial charge on any atom is 0.0934 e. The predicted molar refractivity (Wildman–Crippen MR) is 74.6 cm³/mol. The van der Waals surface area contributed by atoms with Gasteiger partial charge in [0, 0.05) is 4.90 Å². The highest BCUT2D eigenvalue weighted by Gasteiger charge is 2.21. The Morgan fingerprint density at radius 2 is 1.44 bits per heavy atom. The molecule has 0 aromatic heterocycles. The van der Waals surface area contributed by atoms with E-state index in [-0.39, 0.29) is 11.9 Å². The summed E-state index contributed by atoms with van der Waals surface area (Å²) in [7, 11) is 0. The largest absolute Gasteiger partial charge is 0.395 e. The van der Waals surface area contributed by atoms with Crippen LogP contribution in [0, 0.1) is 0 Å². The number of benzene rings is 2. The lowest BCUT2D eigenvalue weighted by Gasteiger charge is -2.20. The van der Waals surface area contributed by atoms with Gasteiger partial charge in [-0.25, -0.2) is 0 Å². The number of thioether (sulfide) groups is 1. The first-order chi connectivity index (χ1) is 8.81. The quantitative estimate of drug-likeness (QED) is 0.812. The zero-order valence-electron chi connectivity index (χ0n) is 9.94. The van der Waals surface area contributed by atoms with Crippen LogP contribution in [0.5, 0.6) is 0 Å². The minimum absolute atomic E-state index is 0.0599. The lowest BCUT2D eigenvalue weighted by Crippen LogP contribution is -2.19. The number of hydrogen-bond acceptors (Lipinski definition) is 3. The molecule has 2 N–H and O–H groups in total. The van der Waals surface area contributed by atoms with Crippen LogP contribution in [0.3, 0.4) is 0 Å². The fourth-order valence-corrected chi connectivity index (χ4v) is 2.76. The maximum atomic E-state index is 10.3. The van der Waals surface area contributed by atoms with Crippen LogP contribution in [0.2, 0.25) is 0 Å². The van der Waals surface area contributed by atoms with E-state index in [9.17, 15) is 10.2 Å². The van der Waals surface area contributed by atoms with Gasteiger partial charge in [-0.3, -0.25) is 0 Å². The highest BCUT2D eigenvalue weighted by molar-refractivity contribution is 8.00. The van der Waals surface area contributed by atoms with Crippen molar-refractivity contribution in [1.29, 1.82) is 0 Å². The predicted octanol–water partition coefficient (Wildman–Crippen LogP) is 2.87. The van der Waals surface area contributed by atoms with Crippen LogP contribution in [0.25, 0.3) is 0 Å². The Kier molecular flexibility index (Phi) is 4.81. The van der Waals surface area contributed by atoms with Crippen LogP contribution in [0.1, 0.15) is 11.7 Å². The van der Waals surface area contributed by atoms with Crippen LogP contribution < -0.4 is 0 Å². The lowest BCUT2D eigenvalue weighted by molar-refractivity contribution is 0.142. The molecule has 0 saturated carbocycles. The Morgan fingerprint density at radius 3 is 2.00 bits per heavy atom. The van der Waals surface area contributed by atoms with E-state index in [0.29, 0.717) is 0 Å². The van der Waals surface area contributed by atoms with Crippen LogP contribution >= 0.6 is 11.8 Å². The minimum atomic E-state index is -0.665. The molecule has 2 aromatic carbocycles. The monoisotopic (exact) mass is 260 g/mol. The van der Waals surface area contributed by atoms with Crippen LogP contribution in [-0.4, -0.2) is 22.1 Å². The number of aliphatic hydroxyl groups is 2. The van der Waals surface area contributed by atoms with Crippen molar-refractivity contribution < 1.29 is 10.2 Å². The van der Waals surface area contributed by atoms with Crippen molar-refractivity contribution >= 4 is 11.8 Å². The van der Waals surface area contributed by atoms with Gasteiger partial charge in [0.2, 0.25) is 0 Å². The molecule has 3 heteroatoms. The third-order valence-electron chi connectivity index (χ3n) is 2.70. The molecule has 0 aliphatic heterocycles. The van der Waals surface area contributed by atoms with E-state index in [1.165, 1.54) is 11.8 Å². The van der Waals surface area contributed by atoms with E-state index >= 15 is 0 Å². The van der Waals surface area contributed by atoms with Crippen molar-refractivity contribution in [2.75, 3.05) is 6.61 Å². The molecule has 0 amide bonds. The van der Waals surface area contributed by atoms with E-state index < -0.39 is 6.10 Å². The molecule has 0 unspecified atom stereocenters. The van der Waals surface area contributed by atoms with E-state index in [1.54, 1.807) is 0 Å². The fraction of sp³-hybridized carbons (Fsp3) is 0.200. The Labute approximate surface area is 111 Å². The first-order valence-corrected chi connectivity index (χ1v) is 6.75. The smallest absolute Gasteiger partial charge is 0.0934 e. The van der Waals surface area contributed by atoms with Gasteiger partial charge in [-0.15, -0.1) is 11.8 Å². The van der Waals surface area contributed by atoms with Gasteiger partial charge in [0.1, 0.15) is 0 Å². The van der Waals surface area contributed by atoms with Crippen molar-refractivity contribution in [3.05, 3.63) is 66.2 Å². The van der Waals surface area contributed by atoms with Crippen molar-refractivity contribution in [3.63, 3.8) is 0 Å². The number of rotatable bonds is 5. The molecule has 0 aliphatic carbocycles. The van der Waals surface area contributed by atoms with E-state index in [0.717, 1.165) is 10.5 Å². The SMILES string of the molecule is OC[C@H](Sc1ccccc1)[C@H](O)c1ccccc1. The molecule has 0 saturated heterocycles. The summed E-state index contributed by atoms with van der Waals surface area (Å²) < 4.78 is 0. The van der Waals surface area contributed by atoms with Gasteiger partial charge in [-0.1, -0.05) is 48.5 Å². The van der Waals surface area contributed by atoms with Crippen molar-refractivity contribution in [2.45, 2.75) is 16.2 Å². The van der Waals surface area contributed by atoms with E-state index in [1.807, 2.05) is 60.7 Å². The average molecular weight is 260 g/mol. The summed E-state index contributed by atoms with van der Waals surface area (Å²) in [5.74, 6) is 0. The fourth-order valence-electron chi connectivity index (χ4n) is 1.74. The minimum Gasteiger partial charge on any atom is -0.395 e. The second-order valence-electron chi connectivity index (χ2n) is 4.01. The average Bonchev–Trinajstić information content (AvgIpc) is 2.46. The molecule has 0 fully saturated rings. The van der Waals surface area contributed by atoms with Gasteiger partial charge in [0.25, 0.3) is 0 Å². The second-order valence-corrected chi connectivity index (χ2v) is 5.32. The zero-order chi connectivity index (χ0) is 12.8. The second kappa shape index (κ2) is 6.59. The third-order valence-corrected chi connectivity index (χ3v) is 3.96. The maximum absolute atomic E-state index is 10.3. The molecular formula is C15H16O2S. The normalized spacial score (nSPS) is 14.1. The first-order valence-electron chi connectivity index (χ1n) is 5.87. The molecule has 0 heterocycles. The van der Waals surface area contributed by atoms with E-state index in [2.05, 4.69) is 0 Å². The van der Waals surface area contributed by atoms with Gasteiger partial charge in [0.15, 0.2) is 0 Å².